The fourth-order valence-electron chi connectivity index (χ4n) is 1.50. The molecule has 0 fully saturated rings. The van der Waals surface area contributed by atoms with Crippen molar-refractivity contribution in [3.63, 3.8) is 0 Å². The zero-order valence-electron chi connectivity index (χ0n) is 7.53. The second-order valence-corrected chi connectivity index (χ2v) is 3.14. The first kappa shape index (κ1) is 8.10. The molecule has 2 rings (SSSR count). The number of rotatable bonds is 1. The van der Waals surface area contributed by atoms with Crippen molar-refractivity contribution >= 4 is 5.84 Å². The molecule has 1 heterocycles. The largest absolute Gasteiger partial charge is 0.491 e. The number of benzene rings is 1. The van der Waals surface area contributed by atoms with E-state index in [0.29, 0.717) is 12.4 Å². The minimum absolute atomic E-state index is 0.0844. The van der Waals surface area contributed by atoms with Crippen LogP contribution in [0.2, 0.25) is 0 Å². The zero-order chi connectivity index (χ0) is 9.26. The van der Waals surface area contributed by atoms with Crippen LogP contribution in [0.25, 0.3) is 0 Å². The van der Waals surface area contributed by atoms with Crippen molar-refractivity contribution in [3.8, 4) is 5.75 Å². The number of nitrogens with two attached hydrogens (primary N) is 1. The number of fused-ring (bicyclic) bond motifs is 1. The number of ether oxygens (including phenoxy) is 1. The van der Waals surface area contributed by atoms with Crippen molar-refractivity contribution in [1.82, 2.24) is 0 Å². The summed E-state index contributed by atoms with van der Waals surface area (Å²) < 4.78 is 5.45. The van der Waals surface area contributed by atoms with Gasteiger partial charge in [-0.25, -0.2) is 0 Å². The lowest BCUT2D eigenvalue weighted by atomic mass is 10.1. The minimum atomic E-state index is 0.0844. The molecule has 0 saturated heterocycles. The van der Waals surface area contributed by atoms with Crippen LogP contribution in [0.3, 0.4) is 0 Å². The van der Waals surface area contributed by atoms with Gasteiger partial charge in [0.2, 0.25) is 0 Å². The smallest absolute Gasteiger partial charge is 0.124 e. The van der Waals surface area contributed by atoms with Gasteiger partial charge in [-0.05, 0) is 13.0 Å². The van der Waals surface area contributed by atoms with Crippen molar-refractivity contribution in [1.29, 1.82) is 0 Å². The normalized spacial score (nSPS) is 21.0. The molecule has 1 atom stereocenters. The molecule has 13 heavy (non-hydrogen) atoms. The summed E-state index contributed by atoms with van der Waals surface area (Å²) in [5.41, 5.74) is 6.66. The summed E-state index contributed by atoms with van der Waals surface area (Å²) in [7, 11) is 0. The standard InChI is InChI=1S/C10H12N2O/c1-7(11)12-9-6-13-10-5-3-2-4-8(9)10/h2-5,9H,6H2,1H3,(H2,11,12). The van der Waals surface area contributed by atoms with Gasteiger partial charge in [0, 0.05) is 5.56 Å². The Labute approximate surface area is 77.2 Å². The number of para-hydroxylation sites is 1. The highest BCUT2D eigenvalue weighted by Crippen LogP contribution is 2.33. The van der Waals surface area contributed by atoms with E-state index in [9.17, 15) is 0 Å². The second kappa shape index (κ2) is 3.09. The van der Waals surface area contributed by atoms with Gasteiger partial charge in [0.15, 0.2) is 0 Å². The van der Waals surface area contributed by atoms with Crippen molar-refractivity contribution in [2.45, 2.75) is 13.0 Å². The summed E-state index contributed by atoms with van der Waals surface area (Å²) in [5, 5.41) is 0. The molecule has 0 aromatic heterocycles. The fraction of sp³-hybridized carbons (Fsp3) is 0.300. The van der Waals surface area contributed by atoms with Crippen LogP contribution in [0, 0.1) is 0 Å². The first-order valence-corrected chi connectivity index (χ1v) is 4.29. The Kier molecular flexibility index (Phi) is 1.93. The highest BCUT2D eigenvalue weighted by atomic mass is 16.5. The topological polar surface area (TPSA) is 47.6 Å². The summed E-state index contributed by atoms with van der Waals surface area (Å²) >= 11 is 0. The lowest BCUT2D eigenvalue weighted by molar-refractivity contribution is 0.334. The maximum Gasteiger partial charge on any atom is 0.124 e. The predicted molar refractivity (Wildman–Crippen MR) is 52.0 cm³/mol. The molecule has 0 spiro atoms. The molecule has 0 amide bonds. The average molecular weight is 176 g/mol. The monoisotopic (exact) mass is 176 g/mol. The molecule has 1 aromatic carbocycles. The first-order chi connectivity index (χ1) is 6.27. The van der Waals surface area contributed by atoms with Gasteiger partial charge in [0.25, 0.3) is 0 Å². The van der Waals surface area contributed by atoms with E-state index in [0.717, 1.165) is 11.3 Å². The zero-order valence-corrected chi connectivity index (χ0v) is 7.53. The van der Waals surface area contributed by atoms with Crippen LogP contribution < -0.4 is 10.5 Å². The highest BCUT2D eigenvalue weighted by Gasteiger charge is 2.22. The molecule has 0 aliphatic carbocycles. The lowest BCUT2D eigenvalue weighted by Crippen LogP contribution is -2.09. The Morgan fingerprint density at radius 2 is 2.31 bits per heavy atom. The van der Waals surface area contributed by atoms with Gasteiger partial charge < -0.3 is 10.5 Å². The molecule has 1 aliphatic heterocycles. The van der Waals surface area contributed by atoms with E-state index in [1.165, 1.54) is 0 Å². The van der Waals surface area contributed by atoms with E-state index in [1.54, 1.807) is 6.92 Å². The first-order valence-electron chi connectivity index (χ1n) is 4.29. The van der Waals surface area contributed by atoms with E-state index in [2.05, 4.69) is 4.99 Å². The second-order valence-electron chi connectivity index (χ2n) is 3.14. The lowest BCUT2D eigenvalue weighted by Gasteiger charge is -2.01. The number of hydrogen-bond donors (Lipinski definition) is 1. The fourth-order valence-corrected chi connectivity index (χ4v) is 1.50. The molecule has 3 nitrogen and oxygen atoms in total. The van der Waals surface area contributed by atoms with Crippen LogP contribution in [0.15, 0.2) is 29.3 Å². The summed E-state index contributed by atoms with van der Waals surface area (Å²) in [6.07, 6.45) is 0. The number of hydrogen-bond acceptors (Lipinski definition) is 2. The van der Waals surface area contributed by atoms with E-state index in [-0.39, 0.29) is 6.04 Å². The Bertz CT molecular complexity index is 343. The molecule has 3 heteroatoms. The number of nitrogens with zero attached hydrogens (tertiary/aromatic N) is 1. The van der Waals surface area contributed by atoms with E-state index in [4.69, 9.17) is 10.5 Å². The van der Waals surface area contributed by atoms with E-state index in [1.807, 2.05) is 24.3 Å². The van der Waals surface area contributed by atoms with Gasteiger partial charge in [-0.3, -0.25) is 4.99 Å². The maximum absolute atomic E-state index is 5.52. The Morgan fingerprint density at radius 1 is 1.54 bits per heavy atom. The molecule has 0 bridgehead atoms. The summed E-state index contributed by atoms with van der Waals surface area (Å²) in [5.74, 6) is 1.53. The molecule has 0 saturated carbocycles. The number of aliphatic imine (C=N–C) groups is 1. The summed E-state index contributed by atoms with van der Waals surface area (Å²) in [4.78, 5) is 4.29. The quantitative estimate of drug-likeness (QED) is 0.520. The van der Waals surface area contributed by atoms with Crippen molar-refractivity contribution < 1.29 is 4.74 Å². The van der Waals surface area contributed by atoms with E-state index < -0.39 is 0 Å². The van der Waals surface area contributed by atoms with Crippen LogP contribution in [0.1, 0.15) is 18.5 Å². The van der Waals surface area contributed by atoms with E-state index >= 15 is 0 Å². The van der Waals surface area contributed by atoms with Gasteiger partial charge in [-0.2, -0.15) is 0 Å². The third-order valence-electron chi connectivity index (χ3n) is 2.03. The third kappa shape index (κ3) is 1.49. The van der Waals surface area contributed by atoms with Crippen molar-refractivity contribution in [2.24, 2.45) is 10.7 Å². The summed E-state index contributed by atoms with van der Waals surface area (Å²) in [6.45, 7) is 2.40. The van der Waals surface area contributed by atoms with Crippen LogP contribution in [-0.2, 0) is 0 Å². The van der Waals surface area contributed by atoms with Crippen molar-refractivity contribution in [2.75, 3.05) is 6.61 Å². The molecule has 1 unspecified atom stereocenters. The molecule has 1 aliphatic rings. The van der Waals surface area contributed by atoms with Crippen molar-refractivity contribution in [3.05, 3.63) is 29.8 Å². The highest BCUT2D eigenvalue weighted by molar-refractivity contribution is 5.77. The van der Waals surface area contributed by atoms with Crippen LogP contribution in [0.4, 0.5) is 0 Å². The van der Waals surface area contributed by atoms with Crippen LogP contribution in [-0.4, -0.2) is 12.4 Å². The average Bonchev–Trinajstić information content (AvgIpc) is 2.48. The van der Waals surface area contributed by atoms with Gasteiger partial charge in [-0.15, -0.1) is 0 Å². The molecular formula is C10H12N2O. The molecule has 1 aromatic rings. The minimum Gasteiger partial charge on any atom is -0.491 e. The Morgan fingerprint density at radius 3 is 3.08 bits per heavy atom. The third-order valence-corrected chi connectivity index (χ3v) is 2.03. The molecule has 0 radical (unpaired) electrons. The van der Waals surface area contributed by atoms with Gasteiger partial charge in [-0.1, -0.05) is 18.2 Å². The predicted octanol–water partition coefficient (Wildman–Crippen LogP) is 1.50. The van der Waals surface area contributed by atoms with Gasteiger partial charge >= 0.3 is 0 Å². The number of amidine groups is 1. The Balaban J connectivity index is 2.33. The van der Waals surface area contributed by atoms with Gasteiger partial charge in [0.1, 0.15) is 18.4 Å². The molecule has 68 valence electrons. The molecule has 2 N–H and O–H groups in total. The van der Waals surface area contributed by atoms with Crippen LogP contribution >= 0.6 is 0 Å². The van der Waals surface area contributed by atoms with Gasteiger partial charge in [0.05, 0.1) is 5.84 Å². The molecular weight excluding hydrogens is 164 g/mol. The SMILES string of the molecule is CC(N)=NC1COc2ccccc21. The van der Waals surface area contributed by atoms with Crippen LogP contribution in [0.5, 0.6) is 5.75 Å². The Hall–Kier alpha value is -1.51. The summed E-state index contributed by atoms with van der Waals surface area (Å²) in [6, 6.07) is 8.01. The maximum atomic E-state index is 5.52.